The van der Waals surface area contributed by atoms with Crippen LogP contribution in [0.4, 0.5) is 0 Å². The van der Waals surface area contributed by atoms with Crippen LogP contribution < -0.4 is 10.9 Å². The summed E-state index contributed by atoms with van der Waals surface area (Å²) in [5.74, 6) is -0.349. The summed E-state index contributed by atoms with van der Waals surface area (Å²) in [7, 11) is -3.21. The van der Waals surface area contributed by atoms with Crippen LogP contribution in [0.1, 0.15) is 43.2 Å². The lowest BCUT2D eigenvalue weighted by Crippen LogP contribution is -2.46. The van der Waals surface area contributed by atoms with E-state index >= 15 is 0 Å². The maximum absolute atomic E-state index is 12.9. The number of nitrogens with zero attached hydrogens (tertiary/aromatic N) is 3. The Bertz CT molecular complexity index is 1020. The van der Waals surface area contributed by atoms with Crippen molar-refractivity contribution in [1.29, 1.82) is 0 Å². The van der Waals surface area contributed by atoms with Gasteiger partial charge in [-0.25, -0.2) is 17.4 Å². The zero-order chi connectivity index (χ0) is 19.8. The Kier molecular flexibility index (Phi) is 5.34. The molecule has 2 heterocycles. The molecule has 1 aromatic heterocycles. The Morgan fingerprint density at radius 3 is 2.33 bits per heavy atom. The zero-order valence-electron chi connectivity index (χ0n) is 15.7. The maximum atomic E-state index is 12.9. The molecule has 2 aromatic rings. The van der Waals surface area contributed by atoms with Crippen LogP contribution in [0, 0.1) is 0 Å². The smallest absolute Gasteiger partial charge is 0.274 e. The lowest BCUT2D eigenvalue weighted by molar-refractivity contribution is 0.0918. The summed E-state index contributed by atoms with van der Waals surface area (Å²) in [6.07, 6.45) is 2.28. The molecule has 0 radical (unpaired) electrons. The number of amides is 1. The van der Waals surface area contributed by atoms with Crippen LogP contribution in [0.3, 0.4) is 0 Å². The summed E-state index contributed by atoms with van der Waals surface area (Å²) in [5, 5.41) is 8.23. The number of hydrogen-bond acceptors (Lipinski definition) is 5. The van der Waals surface area contributed by atoms with Crippen LogP contribution in [0.5, 0.6) is 0 Å². The van der Waals surface area contributed by atoms with Crippen molar-refractivity contribution < 1.29 is 13.2 Å². The molecule has 1 amide bonds. The predicted octanol–water partition coefficient (Wildman–Crippen LogP) is 1.13. The van der Waals surface area contributed by atoms with Crippen LogP contribution in [-0.4, -0.2) is 53.8 Å². The Morgan fingerprint density at radius 1 is 1.19 bits per heavy atom. The third kappa shape index (κ3) is 4.03. The first-order valence-corrected chi connectivity index (χ1v) is 10.8. The van der Waals surface area contributed by atoms with Gasteiger partial charge in [-0.1, -0.05) is 18.2 Å². The van der Waals surface area contributed by atoms with Gasteiger partial charge in [0.15, 0.2) is 5.69 Å². The number of benzene rings is 1. The Labute approximate surface area is 158 Å². The fourth-order valence-electron chi connectivity index (χ4n) is 3.31. The molecule has 1 aromatic carbocycles. The first-order chi connectivity index (χ1) is 12.7. The summed E-state index contributed by atoms with van der Waals surface area (Å²) in [6, 6.07) is 6.64. The second kappa shape index (κ2) is 7.40. The van der Waals surface area contributed by atoms with Crippen molar-refractivity contribution in [3.63, 3.8) is 0 Å². The summed E-state index contributed by atoms with van der Waals surface area (Å²) in [5.41, 5.74) is -0.0111. The van der Waals surface area contributed by atoms with Crippen molar-refractivity contribution in [3.8, 4) is 0 Å². The van der Waals surface area contributed by atoms with E-state index in [0.29, 0.717) is 36.7 Å². The Hall–Kier alpha value is -2.26. The van der Waals surface area contributed by atoms with E-state index in [1.807, 2.05) is 13.8 Å². The highest BCUT2D eigenvalue weighted by atomic mass is 32.2. The lowest BCUT2D eigenvalue weighted by atomic mass is 10.1. The van der Waals surface area contributed by atoms with E-state index in [-0.39, 0.29) is 29.2 Å². The zero-order valence-corrected chi connectivity index (χ0v) is 16.5. The first kappa shape index (κ1) is 19.5. The van der Waals surface area contributed by atoms with Gasteiger partial charge in [-0.3, -0.25) is 9.59 Å². The van der Waals surface area contributed by atoms with Gasteiger partial charge in [0.2, 0.25) is 10.0 Å². The fraction of sp³-hybridized carbons (Fsp3) is 0.500. The lowest BCUT2D eigenvalue weighted by Gasteiger charge is -2.30. The second-order valence-corrected chi connectivity index (χ2v) is 9.13. The number of piperidine rings is 1. The SMILES string of the molecule is CC(C)n1nc(C(=O)NC2CCN(S(C)(=O)=O)CC2)c2ccccc2c1=O. The molecule has 146 valence electrons. The van der Waals surface area contributed by atoms with E-state index in [1.165, 1.54) is 15.2 Å². The van der Waals surface area contributed by atoms with Gasteiger partial charge < -0.3 is 5.32 Å². The Balaban J connectivity index is 1.86. The number of rotatable bonds is 4. The molecular formula is C18H24N4O4S. The van der Waals surface area contributed by atoms with Gasteiger partial charge in [-0.2, -0.15) is 5.10 Å². The van der Waals surface area contributed by atoms with Crippen LogP contribution in [0.2, 0.25) is 0 Å². The molecule has 0 aliphatic carbocycles. The fourth-order valence-corrected chi connectivity index (χ4v) is 4.18. The molecule has 0 unspecified atom stereocenters. The van der Waals surface area contributed by atoms with Gasteiger partial charge in [0.1, 0.15) is 0 Å². The topological polar surface area (TPSA) is 101 Å². The van der Waals surface area contributed by atoms with Crippen molar-refractivity contribution in [2.24, 2.45) is 0 Å². The largest absolute Gasteiger partial charge is 0.348 e. The van der Waals surface area contributed by atoms with Crippen LogP contribution in [0.15, 0.2) is 29.1 Å². The summed E-state index contributed by atoms with van der Waals surface area (Å²) < 4.78 is 26.0. The van der Waals surface area contributed by atoms with E-state index in [2.05, 4.69) is 10.4 Å². The molecule has 0 spiro atoms. The highest BCUT2D eigenvalue weighted by molar-refractivity contribution is 7.88. The number of carbonyl (C=O) groups excluding carboxylic acids is 1. The molecule has 0 saturated carbocycles. The van der Waals surface area contributed by atoms with E-state index in [1.54, 1.807) is 24.3 Å². The molecule has 3 rings (SSSR count). The molecule has 27 heavy (non-hydrogen) atoms. The average Bonchev–Trinajstić information content (AvgIpc) is 2.61. The highest BCUT2D eigenvalue weighted by Gasteiger charge is 2.27. The summed E-state index contributed by atoms with van der Waals surface area (Å²) >= 11 is 0. The number of hydrogen-bond donors (Lipinski definition) is 1. The van der Waals surface area contributed by atoms with Gasteiger partial charge in [0.25, 0.3) is 11.5 Å². The minimum absolute atomic E-state index is 0.129. The Morgan fingerprint density at radius 2 is 1.78 bits per heavy atom. The summed E-state index contributed by atoms with van der Waals surface area (Å²) in [4.78, 5) is 25.4. The molecule has 0 atom stereocenters. The quantitative estimate of drug-likeness (QED) is 0.841. The van der Waals surface area contributed by atoms with Gasteiger partial charge in [0.05, 0.1) is 17.7 Å². The number of sulfonamides is 1. The van der Waals surface area contributed by atoms with Crippen molar-refractivity contribution in [3.05, 3.63) is 40.3 Å². The number of aromatic nitrogens is 2. The molecule has 9 heteroatoms. The molecular weight excluding hydrogens is 368 g/mol. The van der Waals surface area contributed by atoms with Crippen LogP contribution in [0.25, 0.3) is 10.8 Å². The van der Waals surface area contributed by atoms with Gasteiger partial charge in [-0.15, -0.1) is 0 Å². The molecule has 8 nitrogen and oxygen atoms in total. The molecule has 0 bridgehead atoms. The maximum Gasteiger partial charge on any atom is 0.274 e. The number of carbonyl (C=O) groups is 1. The molecule has 1 saturated heterocycles. The average molecular weight is 392 g/mol. The minimum atomic E-state index is -3.21. The van der Waals surface area contributed by atoms with Crippen molar-refractivity contribution >= 4 is 26.7 Å². The standard InChI is InChI=1S/C18H24N4O4S/c1-12(2)22-18(24)15-7-5-4-6-14(15)16(20-22)17(23)19-13-8-10-21(11-9-13)27(3,25)26/h4-7,12-13H,8-11H2,1-3H3,(H,19,23). The first-order valence-electron chi connectivity index (χ1n) is 8.96. The van der Waals surface area contributed by atoms with Crippen LogP contribution >= 0.6 is 0 Å². The van der Waals surface area contributed by atoms with Crippen molar-refractivity contribution in [2.75, 3.05) is 19.3 Å². The van der Waals surface area contributed by atoms with Crippen LogP contribution in [-0.2, 0) is 10.0 Å². The minimum Gasteiger partial charge on any atom is -0.348 e. The molecule has 1 aliphatic rings. The van der Waals surface area contributed by atoms with E-state index in [9.17, 15) is 18.0 Å². The highest BCUT2D eigenvalue weighted by Crippen LogP contribution is 2.17. The predicted molar refractivity (Wildman–Crippen MR) is 103 cm³/mol. The van der Waals surface area contributed by atoms with Gasteiger partial charge >= 0.3 is 0 Å². The number of nitrogens with one attached hydrogen (secondary N) is 1. The van der Waals surface area contributed by atoms with Crippen molar-refractivity contribution in [2.45, 2.75) is 38.8 Å². The van der Waals surface area contributed by atoms with Gasteiger partial charge in [0, 0.05) is 24.5 Å². The molecule has 1 fully saturated rings. The van der Waals surface area contributed by atoms with Gasteiger partial charge in [-0.05, 0) is 32.8 Å². The van der Waals surface area contributed by atoms with E-state index in [0.717, 1.165) is 0 Å². The third-order valence-corrected chi connectivity index (χ3v) is 6.09. The van der Waals surface area contributed by atoms with E-state index < -0.39 is 10.0 Å². The molecule has 1 N–H and O–H groups in total. The third-order valence-electron chi connectivity index (χ3n) is 4.79. The normalized spacial score (nSPS) is 16.7. The summed E-state index contributed by atoms with van der Waals surface area (Å²) in [6.45, 7) is 4.43. The monoisotopic (exact) mass is 392 g/mol. The van der Waals surface area contributed by atoms with E-state index in [4.69, 9.17) is 0 Å². The second-order valence-electron chi connectivity index (χ2n) is 7.15. The molecule has 1 aliphatic heterocycles. The number of fused-ring (bicyclic) bond motifs is 1. The van der Waals surface area contributed by atoms with Crippen molar-refractivity contribution in [1.82, 2.24) is 19.4 Å².